The summed E-state index contributed by atoms with van der Waals surface area (Å²) in [6.07, 6.45) is 0.921. The van der Waals surface area contributed by atoms with Gasteiger partial charge in [0, 0.05) is 24.5 Å². The molecule has 0 saturated heterocycles. The number of rotatable bonds is 7. The van der Waals surface area contributed by atoms with Gasteiger partial charge in [-0.15, -0.1) is 0 Å². The molecule has 0 aliphatic carbocycles. The quantitative estimate of drug-likeness (QED) is 0.465. The molecule has 1 rings (SSSR count). The first-order valence-electron chi connectivity index (χ1n) is 5.11. The highest BCUT2D eigenvalue weighted by atomic mass is 16.5. The third-order valence-electron chi connectivity index (χ3n) is 1.94. The normalized spacial score (nSPS) is 10.2. The van der Waals surface area contributed by atoms with Gasteiger partial charge in [-0.3, -0.25) is 0 Å². The fourth-order valence-electron chi connectivity index (χ4n) is 1.17. The number of benzene rings is 1. The predicted molar refractivity (Wildman–Crippen MR) is 61.9 cm³/mol. The highest BCUT2D eigenvalue weighted by Crippen LogP contribution is 2.09. The molecule has 15 heavy (non-hydrogen) atoms. The number of nitrogens with one attached hydrogen (secondary N) is 1. The zero-order chi connectivity index (χ0) is 10.9. The largest absolute Gasteiger partial charge is 0.399 e. The molecule has 0 fully saturated rings. The van der Waals surface area contributed by atoms with Crippen LogP contribution in [0.25, 0.3) is 0 Å². The van der Waals surface area contributed by atoms with Crippen molar-refractivity contribution in [3.8, 4) is 0 Å². The fourth-order valence-corrected chi connectivity index (χ4v) is 1.17. The highest BCUT2D eigenvalue weighted by molar-refractivity contribution is 5.50. The number of nitrogens with two attached hydrogens (primary N) is 1. The molecular formula is C11H18N2O2. The van der Waals surface area contributed by atoms with E-state index in [0.717, 1.165) is 24.3 Å². The molecule has 0 radical (unpaired) electrons. The Morgan fingerprint density at radius 1 is 1.20 bits per heavy atom. The van der Waals surface area contributed by atoms with Crippen LogP contribution in [0.5, 0.6) is 0 Å². The van der Waals surface area contributed by atoms with Crippen molar-refractivity contribution >= 4 is 11.4 Å². The van der Waals surface area contributed by atoms with Crippen molar-refractivity contribution in [2.75, 3.05) is 37.4 Å². The van der Waals surface area contributed by atoms with Crippen LogP contribution in [-0.2, 0) is 4.74 Å². The summed E-state index contributed by atoms with van der Waals surface area (Å²) >= 11 is 0. The van der Waals surface area contributed by atoms with E-state index in [1.165, 1.54) is 0 Å². The van der Waals surface area contributed by atoms with Crippen molar-refractivity contribution in [3.05, 3.63) is 24.3 Å². The molecule has 1 aromatic carbocycles. The second-order valence-corrected chi connectivity index (χ2v) is 3.24. The van der Waals surface area contributed by atoms with Crippen molar-refractivity contribution in [2.45, 2.75) is 6.42 Å². The van der Waals surface area contributed by atoms with Crippen LogP contribution in [0.1, 0.15) is 6.42 Å². The number of ether oxygens (including phenoxy) is 1. The number of aliphatic hydroxyl groups excluding tert-OH is 1. The molecule has 0 saturated carbocycles. The summed E-state index contributed by atoms with van der Waals surface area (Å²) in [5, 5.41) is 11.7. The summed E-state index contributed by atoms with van der Waals surface area (Å²) in [7, 11) is 0. The Kier molecular flexibility index (Phi) is 5.58. The van der Waals surface area contributed by atoms with E-state index in [4.69, 9.17) is 15.6 Å². The van der Waals surface area contributed by atoms with E-state index in [1.54, 1.807) is 0 Å². The van der Waals surface area contributed by atoms with Crippen LogP contribution >= 0.6 is 0 Å². The molecule has 0 aliphatic rings. The summed E-state index contributed by atoms with van der Waals surface area (Å²) in [5.74, 6) is 0. The Morgan fingerprint density at radius 3 is 2.60 bits per heavy atom. The first kappa shape index (κ1) is 11.8. The molecule has 0 amide bonds. The Labute approximate surface area is 90.1 Å². The molecule has 0 heterocycles. The lowest BCUT2D eigenvalue weighted by atomic mass is 10.3. The molecule has 0 aliphatic heterocycles. The second kappa shape index (κ2) is 7.09. The van der Waals surface area contributed by atoms with Crippen LogP contribution in [-0.4, -0.2) is 31.5 Å². The minimum Gasteiger partial charge on any atom is -0.399 e. The van der Waals surface area contributed by atoms with Gasteiger partial charge >= 0.3 is 0 Å². The van der Waals surface area contributed by atoms with Crippen molar-refractivity contribution in [3.63, 3.8) is 0 Å². The summed E-state index contributed by atoms with van der Waals surface area (Å²) in [4.78, 5) is 0. The molecular weight excluding hydrogens is 192 g/mol. The number of hydrogen-bond donors (Lipinski definition) is 3. The highest BCUT2D eigenvalue weighted by Gasteiger charge is 1.91. The van der Waals surface area contributed by atoms with Gasteiger partial charge in [0.25, 0.3) is 0 Å². The Hall–Kier alpha value is -1.26. The standard InChI is InChI=1S/C11H18N2O2/c12-10-2-4-11(5-3-10)13-6-1-8-15-9-7-14/h2-5,13-14H,1,6-9,12H2. The molecule has 4 nitrogen and oxygen atoms in total. The first-order valence-corrected chi connectivity index (χ1v) is 5.11. The zero-order valence-electron chi connectivity index (χ0n) is 8.78. The second-order valence-electron chi connectivity index (χ2n) is 3.24. The van der Waals surface area contributed by atoms with E-state index >= 15 is 0 Å². The summed E-state index contributed by atoms with van der Waals surface area (Å²) in [6.45, 7) is 2.03. The topological polar surface area (TPSA) is 67.5 Å². The lowest BCUT2D eigenvalue weighted by Gasteiger charge is -2.06. The van der Waals surface area contributed by atoms with Crippen molar-refractivity contribution in [1.82, 2.24) is 0 Å². The van der Waals surface area contributed by atoms with Crippen LogP contribution in [0.2, 0.25) is 0 Å². The summed E-state index contributed by atoms with van der Waals surface area (Å²) < 4.78 is 5.13. The van der Waals surface area contributed by atoms with Crippen LogP contribution in [0.3, 0.4) is 0 Å². The van der Waals surface area contributed by atoms with E-state index in [2.05, 4.69) is 5.32 Å². The van der Waals surface area contributed by atoms with Crippen molar-refractivity contribution in [2.24, 2.45) is 0 Å². The first-order chi connectivity index (χ1) is 7.33. The maximum Gasteiger partial charge on any atom is 0.0697 e. The van der Waals surface area contributed by atoms with E-state index in [0.29, 0.717) is 13.2 Å². The number of hydrogen-bond acceptors (Lipinski definition) is 4. The molecule has 84 valence electrons. The van der Waals surface area contributed by atoms with Gasteiger partial charge in [0.2, 0.25) is 0 Å². The van der Waals surface area contributed by atoms with Crippen LogP contribution < -0.4 is 11.1 Å². The molecule has 0 bridgehead atoms. The van der Waals surface area contributed by atoms with E-state index in [-0.39, 0.29) is 6.61 Å². The molecule has 0 unspecified atom stereocenters. The van der Waals surface area contributed by atoms with Gasteiger partial charge in [-0.25, -0.2) is 0 Å². The van der Waals surface area contributed by atoms with Crippen LogP contribution in [0.15, 0.2) is 24.3 Å². The summed E-state index contributed by atoms with van der Waals surface area (Å²) in [5.41, 5.74) is 7.40. The van der Waals surface area contributed by atoms with Gasteiger partial charge in [0.05, 0.1) is 13.2 Å². The predicted octanol–water partition coefficient (Wildman–Crippen LogP) is 1.08. The Balaban J connectivity index is 2.07. The number of nitrogen functional groups attached to an aromatic ring is 1. The summed E-state index contributed by atoms with van der Waals surface area (Å²) in [6, 6.07) is 7.63. The van der Waals surface area contributed by atoms with Crippen LogP contribution in [0.4, 0.5) is 11.4 Å². The van der Waals surface area contributed by atoms with Crippen molar-refractivity contribution in [1.29, 1.82) is 0 Å². The Morgan fingerprint density at radius 2 is 1.93 bits per heavy atom. The maximum atomic E-state index is 8.47. The van der Waals surface area contributed by atoms with Gasteiger partial charge in [-0.1, -0.05) is 0 Å². The molecule has 4 heteroatoms. The number of aliphatic hydroxyl groups is 1. The smallest absolute Gasteiger partial charge is 0.0697 e. The minimum atomic E-state index is 0.0887. The van der Waals surface area contributed by atoms with Gasteiger partial charge < -0.3 is 20.9 Å². The van der Waals surface area contributed by atoms with Gasteiger partial charge in [-0.05, 0) is 30.7 Å². The average Bonchev–Trinajstić information content (AvgIpc) is 2.26. The van der Waals surface area contributed by atoms with Crippen molar-refractivity contribution < 1.29 is 9.84 Å². The van der Waals surface area contributed by atoms with E-state index in [9.17, 15) is 0 Å². The lowest BCUT2D eigenvalue weighted by Crippen LogP contribution is -2.07. The Bertz CT molecular complexity index is 262. The van der Waals surface area contributed by atoms with E-state index in [1.807, 2.05) is 24.3 Å². The monoisotopic (exact) mass is 210 g/mol. The maximum absolute atomic E-state index is 8.47. The average molecular weight is 210 g/mol. The molecule has 4 N–H and O–H groups in total. The zero-order valence-corrected chi connectivity index (χ0v) is 8.78. The van der Waals surface area contributed by atoms with Gasteiger partial charge in [-0.2, -0.15) is 0 Å². The van der Waals surface area contributed by atoms with Gasteiger partial charge in [0.1, 0.15) is 0 Å². The molecule has 1 aromatic rings. The lowest BCUT2D eigenvalue weighted by molar-refractivity contribution is 0.0922. The van der Waals surface area contributed by atoms with E-state index < -0.39 is 0 Å². The van der Waals surface area contributed by atoms with Gasteiger partial charge in [0.15, 0.2) is 0 Å². The fraction of sp³-hybridized carbons (Fsp3) is 0.455. The third-order valence-corrected chi connectivity index (χ3v) is 1.94. The minimum absolute atomic E-state index is 0.0887. The third kappa shape index (κ3) is 5.24. The van der Waals surface area contributed by atoms with Crippen LogP contribution in [0, 0.1) is 0 Å². The molecule has 0 spiro atoms. The molecule has 0 atom stereocenters. The number of anilines is 2. The molecule has 0 aromatic heterocycles. The SMILES string of the molecule is Nc1ccc(NCCCOCCO)cc1.